The minimum absolute atomic E-state index is 0.324. The van der Waals surface area contributed by atoms with Gasteiger partial charge in [0.1, 0.15) is 0 Å². The maximum atomic E-state index is 11.5. The molecule has 0 aromatic heterocycles. The van der Waals surface area contributed by atoms with E-state index in [1.54, 1.807) is 12.1 Å². The van der Waals surface area contributed by atoms with Crippen molar-refractivity contribution in [3.63, 3.8) is 0 Å². The molecular formula is C15H14O2. The van der Waals surface area contributed by atoms with Crippen molar-refractivity contribution in [1.29, 1.82) is 0 Å². The van der Waals surface area contributed by atoms with Crippen molar-refractivity contribution in [1.82, 2.24) is 0 Å². The normalized spacial score (nSPS) is 10.2. The van der Waals surface area contributed by atoms with Gasteiger partial charge < -0.3 is 4.74 Å². The van der Waals surface area contributed by atoms with Gasteiger partial charge in [-0.1, -0.05) is 36.4 Å². The van der Waals surface area contributed by atoms with E-state index in [4.69, 9.17) is 4.74 Å². The standard InChI is InChI=1S/C15H14O2/c1-4-11-8-13(15(16)17-3)9-12-6-5-10(2)7-14(11)12/h4-9H,1H2,2-3H3. The monoisotopic (exact) mass is 226 g/mol. The van der Waals surface area contributed by atoms with E-state index in [0.29, 0.717) is 5.56 Å². The first-order valence-electron chi connectivity index (χ1n) is 5.41. The van der Waals surface area contributed by atoms with Crippen LogP contribution in [0.1, 0.15) is 21.5 Å². The van der Waals surface area contributed by atoms with Crippen LogP contribution >= 0.6 is 0 Å². The second kappa shape index (κ2) is 4.42. The minimum Gasteiger partial charge on any atom is -0.465 e. The number of fused-ring (bicyclic) bond motifs is 1. The van der Waals surface area contributed by atoms with Crippen LogP contribution in [0.4, 0.5) is 0 Å². The Hall–Kier alpha value is -2.09. The summed E-state index contributed by atoms with van der Waals surface area (Å²) < 4.78 is 4.74. The van der Waals surface area contributed by atoms with Gasteiger partial charge in [0.15, 0.2) is 0 Å². The number of carbonyl (C=O) groups is 1. The van der Waals surface area contributed by atoms with Crippen molar-refractivity contribution in [3.8, 4) is 0 Å². The van der Waals surface area contributed by atoms with Crippen LogP contribution in [0.5, 0.6) is 0 Å². The minimum atomic E-state index is -0.324. The Kier molecular flexibility index (Phi) is 2.96. The molecule has 0 aliphatic carbocycles. The van der Waals surface area contributed by atoms with Gasteiger partial charge in [-0.25, -0.2) is 4.79 Å². The van der Waals surface area contributed by atoms with E-state index < -0.39 is 0 Å². The first-order chi connectivity index (χ1) is 8.15. The molecule has 2 rings (SSSR count). The summed E-state index contributed by atoms with van der Waals surface area (Å²) in [6, 6.07) is 9.77. The maximum Gasteiger partial charge on any atom is 0.337 e. The molecule has 0 radical (unpaired) electrons. The van der Waals surface area contributed by atoms with Crippen molar-refractivity contribution < 1.29 is 9.53 Å². The van der Waals surface area contributed by atoms with Crippen LogP contribution in [-0.4, -0.2) is 13.1 Å². The first-order valence-corrected chi connectivity index (χ1v) is 5.41. The van der Waals surface area contributed by atoms with E-state index in [0.717, 1.165) is 16.3 Å². The summed E-state index contributed by atoms with van der Waals surface area (Å²) in [4.78, 5) is 11.5. The summed E-state index contributed by atoms with van der Waals surface area (Å²) >= 11 is 0. The van der Waals surface area contributed by atoms with Crippen molar-refractivity contribution in [3.05, 3.63) is 53.6 Å². The van der Waals surface area contributed by atoms with Crippen molar-refractivity contribution in [2.45, 2.75) is 6.92 Å². The van der Waals surface area contributed by atoms with Crippen LogP contribution in [-0.2, 0) is 4.74 Å². The number of methoxy groups -OCH3 is 1. The van der Waals surface area contributed by atoms with E-state index in [2.05, 4.69) is 12.6 Å². The third-order valence-corrected chi connectivity index (χ3v) is 2.78. The molecule has 0 unspecified atom stereocenters. The van der Waals surface area contributed by atoms with Gasteiger partial charge in [-0.05, 0) is 35.4 Å². The SMILES string of the molecule is C=Cc1cc(C(=O)OC)cc2ccc(C)cc12. The Morgan fingerprint density at radius 3 is 2.71 bits per heavy atom. The Morgan fingerprint density at radius 2 is 2.06 bits per heavy atom. The van der Waals surface area contributed by atoms with Crippen molar-refractivity contribution in [2.24, 2.45) is 0 Å². The first kappa shape index (κ1) is 11.4. The predicted octanol–water partition coefficient (Wildman–Crippen LogP) is 3.58. The zero-order chi connectivity index (χ0) is 12.4. The average molecular weight is 226 g/mol. The third-order valence-electron chi connectivity index (χ3n) is 2.78. The Morgan fingerprint density at radius 1 is 1.29 bits per heavy atom. The molecule has 2 aromatic rings. The van der Waals surface area contributed by atoms with Gasteiger partial charge in [0, 0.05) is 0 Å². The molecule has 2 nitrogen and oxygen atoms in total. The molecule has 17 heavy (non-hydrogen) atoms. The summed E-state index contributed by atoms with van der Waals surface area (Å²) in [6.07, 6.45) is 1.76. The summed E-state index contributed by atoms with van der Waals surface area (Å²) in [5.74, 6) is -0.324. The van der Waals surface area contributed by atoms with Gasteiger partial charge in [0.05, 0.1) is 12.7 Å². The zero-order valence-corrected chi connectivity index (χ0v) is 9.99. The summed E-state index contributed by atoms with van der Waals surface area (Å²) in [5.41, 5.74) is 2.69. The van der Waals surface area contributed by atoms with Crippen molar-refractivity contribution in [2.75, 3.05) is 7.11 Å². The van der Waals surface area contributed by atoms with Crippen LogP contribution in [0.2, 0.25) is 0 Å². The van der Waals surface area contributed by atoms with Crippen LogP contribution in [0.15, 0.2) is 36.9 Å². The average Bonchev–Trinajstić information content (AvgIpc) is 2.36. The van der Waals surface area contributed by atoms with E-state index in [-0.39, 0.29) is 5.97 Å². The summed E-state index contributed by atoms with van der Waals surface area (Å²) in [7, 11) is 1.38. The molecular weight excluding hydrogens is 212 g/mol. The Bertz CT molecular complexity index is 597. The number of aryl methyl sites for hydroxylation is 1. The van der Waals surface area contributed by atoms with Crippen LogP contribution in [0, 0.1) is 6.92 Å². The largest absolute Gasteiger partial charge is 0.465 e. The second-order valence-electron chi connectivity index (χ2n) is 3.99. The molecule has 0 amide bonds. The van der Waals surface area contributed by atoms with Gasteiger partial charge >= 0.3 is 5.97 Å². The van der Waals surface area contributed by atoms with Crippen LogP contribution in [0.25, 0.3) is 16.8 Å². The molecule has 0 heterocycles. The van der Waals surface area contributed by atoms with Gasteiger partial charge in [-0.3, -0.25) is 0 Å². The molecule has 0 saturated carbocycles. The number of benzene rings is 2. The van der Waals surface area contributed by atoms with E-state index >= 15 is 0 Å². The van der Waals surface area contributed by atoms with Gasteiger partial charge in [-0.15, -0.1) is 0 Å². The molecule has 2 heteroatoms. The lowest BCUT2D eigenvalue weighted by Gasteiger charge is -2.07. The lowest BCUT2D eigenvalue weighted by atomic mass is 9.99. The fraction of sp³-hybridized carbons (Fsp3) is 0.133. The maximum absolute atomic E-state index is 11.5. The Labute approximate surface area is 101 Å². The van der Waals surface area contributed by atoms with Gasteiger partial charge in [0.25, 0.3) is 0 Å². The molecule has 0 aliphatic heterocycles. The number of hydrogen-bond donors (Lipinski definition) is 0. The lowest BCUT2D eigenvalue weighted by Crippen LogP contribution is -2.01. The molecule has 86 valence electrons. The number of ether oxygens (including phenoxy) is 1. The Balaban J connectivity index is 2.74. The predicted molar refractivity (Wildman–Crippen MR) is 70.1 cm³/mol. The molecule has 0 N–H and O–H groups in total. The van der Waals surface area contributed by atoms with E-state index in [1.165, 1.54) is 12.7 Å². The highest BCUT2D eigenvalue weighted by atomic mass is 16.5. The summed E-state index contributed by atoms with van der Waals surface area (Å²) in [6.45, 7) is 5.83. The number of esters is 1. The van der Waals surface area contributed by atoms with E-state index in [1.807, 2.05) is 25.1 Å². The molecule has 0 aliphatic rings. The fourth-order valence-corrected chi connectivity index (χ4v) is 1.91. The number of hydrogen-bond acceptors (Lipinski definition) is 2. The molecule has 0 fully saturated rings. The third kappa shape index (κ3) is 2.07. The lowest BCUT2D eigenvalue weighted by molar-refractivity contribution is 0.0601. The highest BCUT2D eigenvalue weighted by molar-refractivity contribution is 5.99. The second-order valence-corrected chi connectivity index (χ2v) is 3.99. The van der Waals surface area contributed by atoms with Crippen molar-refractivity contribution >= 4 is 22.8 Å². The summed E-state index contributed by atoms with van der Waals surface area (Å²) in [5, 5.41) is 2.13. The molecule has 0 bridgehead atoms. The molecule has 2 aromatic carbocycles. The number of carbonyl (C=O) groups excluding carboxylic acids is 1. The topological polar surface area (TPSA) is 26.3 Å². The highest BCUT2D eigenvalue weighted by Crippen LogP contribution is 2.23. The smallest absolute Gasteiger partial charge is 0.337 e. The molecule has 0 atom stereocenters. The molecule has 0 saturated heterocycles. The van der Waals surface area contributed by atoms with Crippen LogP contribution in [0.3, 0.4) is 0 Å². The van der Waals surface area contributed by atoms with Gasteiger partial charge in [0.2, 0.25) is 0 Å². The fourth-order valence-electron chi connectivity index (χ4n) is 1.91. The highest BCUT2D eigenvalue weighted by Gasteiger charge is 2.09. The van der Waals surface area contributed by atoms with Crippen LogP contribution < -0.4 is 0 Å². The molecule has 0 spiro atoms. The quantitative estimate of drug-likeness (QED) is 0.731. The zero-order valence-electron chi connectivity index (χ0n) is 9.99. The number of rotatable bonds is 2. The van der Waals surface area contributed by atoms with Gasteiger partial charge in [-0.2, -0.15) is 0 Å². The van der Waals surface area contributed by atoms with E-state index in [9.17, 15) is 4.79 Å².